The Morgan fingerprint density at radius 2 is 1.73 bits per heavy atom. The Morgan fingerprint density at radius 3 is 2.46 bits per heavy atom. The van der Waals surface area contributed by atoms with Gasteiger partial charge >= 0.3 is 0 Å². The van der Waals surface area contributed by atoms with Gasteiger partial charge < -0.3 is 14.9 Å². The summed E-state index contributed by atoms with van der Waals surface area (Å²) in [6, 6.07) is 17.8. The summed E-state index contributed by atoms with van der Waals surface area (Å²) in [4.78, 5) is 21.2. The van der Waals surface area contributed by atoms with Crippen molar-refractivity contribution in [2.24, 2.45) is 0 Å². The Kier molecular flexibility index (Phi) is 4.86. The molecule has 1 aliphatic heterocycles. The molecule has 4 rings (SSSR count). The zero-order valence-corrected chi connectivity index (χ0v) is 15.2. The number of piperazine rings is 1. The summed E-state index contributed by atoms with van der Waals surface area (Å²) in [5, 5.41) is 11.3. The van der Waals surface area contributed by atoms with Gasteiger partial charge in [0.05, 0.1) is 10.2 Å². The number of carbonyl (C=O) groups excluding carboxylic acids is 1. The molecule has 5 nitrogen and oxygen atoms in total. The summed E-state index contributed by atoms with van der Waals surface area (Å²) in [7, 11) is 0. The van der Waals surface area contributed by atoms with Crippen LogP contribution in [0.5, 0.6) is 0 Å². The number of fused-ring (bicyclic) bond motifs is 1. The van der Waals surface area contributed by atoms with Crippen molar-refractivity contribution in [3.05, 3.63) is 60.2 Å². The Hall–Kier alpha value is -2.44. The standard InChI is InChI=1S/C20H21N3O2S/c24-17(14-15-6-2-1-3-7-15)19(25)22-10-12-23(13-11-22)20-21-16-8-4-5-9-18(16)26-20/h1-9,17,24H,10-14H2/t17-/m0/s1. The minimum Gasteiger partial charge on any atom is -0.383 e. The smallest absolute Gasteiger partial charge is 0.251 e. The van der Waals surface area contributed by atoms with Gasteiger partial charge in [0.2, 0.25) is 0 Å². The number of anilines is 1. The Bertz CT molecular complexity index is 855. The fraction of sp³-hybridized carbons (Fsp3) is 0.300. The van der Waals surface area contributed by atoms with Crippen LogP contribution < -0.4 is 4.90 Å². The van der Waals surface area contributed by atoms with Crippen molar-refractivity contribution in [2.75, 3.05) is 31.1 Å². The molecular weight excluding hydrogens is 346 g/mol. The predicted molar refractivity (Wildman–Crippen MR) is 105 cm³/mol. The van der Waals surface area contributed by atoms with Crippen LogP contribution >= 0.6 is 11.3 Å². The number of benzene rings is 2. The molecule has 0 aliphatic carbocycles. The van der Waals surface area contributed by atoms with Crippen molar-refractivity contribution in [1.29, 1.82) is 0 Å². The van der Waals surface area contributed by atoms with Gasteiger partial charge in [0.15, 0.2) is 5.13 Å². The number of rotatable bonds is 4. The summed E-state index contributed by atoms with van der Waals surface area (Å²) < 4.78 is 1.18. The van der Waals surface area contributed by atoms with E-state index in [1.807, 2.05) is 48.5 Å². The van der Waals surface area contributed by atoms with E-state index in [1.165, 1.54) is 4.70 Å². The molecule has 1 atom stereocenters. The maximum absolute atomic E-state index is 12.5. The highest BCUT2D eigenvalue weighted by atomic mass is 32.1. The normalized spacial score (nSPS) is 16.0. The van der Waals surface area contributed by atoms with Gasteiger partial charge in [-0.3, -0.25) is 4.79 Å². The minimum atomic E-state index is -0.980. The first-order valence-electron chi connectivity index (χ1n) is 8.82. The Labute approximate surface area is 156 Å². The SMILES string of the molecule is O=C([C@@H](O)Cc1ccccc1)N1CCN(c2nc3ccccc3s2)CC1. The topological polar surface area (TPSA) is 56.7 Å². The molecule has 1 aliphatic rings. The van der Waals surface area contributed by atoms with Gasteiger partial charge in [-0.05, 0) is 17.7 Å². The third-order valence-electron chi connectivity index (χ3n) is 4.70. The summed E-state index contributed by atoms with van der Waals surface area (Å²) in [6.45, 7) is 2.70. The Balaban J connectivity index is 1.36. The molecule has 134 valence electrons. The van der Waals surface area contributed by atoms with Crippen molar-refractivity contribution >= 4 is 32.6 Å². The van der Waals surface area contributed by atoms with Gasteiger partial charge in [0.25, 0.3) is 5.91 Å². The van der Waals surface area contributed by atoms with Gasteiger partial charge in [-0.2, -0.15) is 0 Å². The second kappa shape index (κ2) is 7.43. The van der Waals surface area contributed by atoms with Crippen LogP contribution in [0.1, 0.15) is 5.56 Å². The van der Waals surface area contributed by atoms with E-state index in [0.29, 0.717) is 19.5 Å². The minimum absolute atomic E-state index is 0.183. The molecule has 1 fully saturated rings. The first kappa shape index (κ1) is 17.0. The first-order chi connectivity index (χ1) is 12.7. The summed E-state index contributed by atoms with van der Waals surface area (Å²) in [6.07, 6.45) is -0.621. The van der Waals surface area contributed by atoms with Crippen molar-refractivity contribution in [3.63, 3.8) is 0 Å². The Morgan fingerprint density at radius 1 is 1.04 bits per heavy atom. The number of hydrogen-bond donors (Lipinski definition) is 1. The molecule has 6 heteroatoms. The van der Waals surface area contributed by atoms with Crippen LogP contribution in [0.15, 0.2) is 54.6 Å². The second-order valence-corrected chi connectivity index (χ2v) is 7.49. The van der Waals surface area contributed by atoms with Gasteiger partial charge in [-0.25, -0.2) is 4.98 Å². The van der Waals surface area contributed by atoms with E-state index in [2.05, 4.69) is 16.0 Å². The van der Waals surface area contributed by atoms with Crippen LogP contribution in [-0.4, -0.2) is 53.2 Å². The summed E-state index contributed by atoms with van der Waals surface area (Å²) in [5.41, 5.74) is 1.99. The molecule has 0 unspecified atom stereocenters. The zero-order valence-electron chi connectivity index (χ0n) is 14.4. The molecule has 1 saturated heterocycles. The number of aliphatic hydroxyl groups is 1. The van der Waals surface area contributed by atoms with Crippen LogP contribution in [0.3, 0.4) is 0 Å². The number of thiazole rings is 1. The zero-order chi connectivity index (χ0) is 17.9. The number of hydrogen-bond acceptors (Lipinski definition) is 5. The maximum atomic E-state index is 12.5. The molecule has 3 aromatic rings. The number of aliphatic hydroxyl groups excluding tert-OH is 1. The first-order valence-corrected chi connectivity index (χ1v) is 9.63. The van der Waals surface area contributed by atoms with E-state index < -0.39 is 6.10 Å². The highest BCUT2D eigenvalue weighted by molar-refractivity contribution is 7.22. The van der Waals surface area contributed by atoms with Crippen molar-refractivity contribution in [2.45, 2.75) is 12.5 Å². The van der Waals surface area contributed by atoms with Gasteiger partial charge in [-0.1, -0.05) is 53.8 Å². The van der Waals surface area contributed by atoms with E-state index in [0.717, 1.165) is 29.3 Å². The highest BCUT2D eigenvalue weighted by Crippen LogP contribution is 2.29. The molecule has 1 N–H and O–H groups in total. The lowest BCUT2D eigenvalue weighted by atomic mass is 10.1. The van der Waals surface area contributed by atoms with Crippen LogP contribution in [0.4, 0.5) is 5.13 Å². The lowest BCUT2D eigenvalue weighted by Gasteiger charge is -2.35. The maximum Gasteiger partial charge on any atom is 0.251 e. The fourth-order valence-electron chi connectivity index (χ4n) is 3.25. The third kappa shape index (κ3) is 3.57. The average Bonchev–Trinajstić information content (AvgIpc) is 3.12. The van der Waals surface area contributed by atoms with Crippen LogP contribution in [0, 0.1) is 0 Å². The molecule has 26 heavy (non-hydrogen) atoms. The average molecular weight is 367 g/mol. The molecule has 0 bridgehead atoms. The number of aromatic nitrogens is 1. The fourth-order valence-corrected chi connectivity index (χ4v) is 4.27. The number of carbonyl (C=O) groups is 1. The van der Waals surface area contributed by atoms with E-state index in [4.69, 9.17) is 0 Å². The van der Waals surface area contributed by atoms with Gasteiger partial charge in [0, 0.05) is 32.6 Å². The molecule has 1 aromatic heterocycles. The largest absolute Gasteiger partial charge is 0.383 e. The monoisotopic (exact) mass is 367 g/mol. The highest BCUT2D eigenvalue weighted by Gasteiger charge is 2.27. The van der Waals surface area contributed by atoms with E-state index in [9.17, 15) is 9.90 Å². The summed E-state index contributed by atoms with van der Waals surface area (Å²) in [5.74, 6) is -0.183. The van der Waals surface area contributed by atoms with Crippen molar-refractivity contribution in [3.8, 4) is 0 Å². The van der Waals surface area contributed by atoms with Crippen LogP contribution in [0.25, 0.3) is 10.2 Å². The molecule has 0 radical (unpaired) electrons. The third-order valence-corrected chi connectivity index (χ3v) is 5.80. The second-order valence-electron chi connectivity index (χ2n) is 6.48. The molecule has 0 saturated carbocycles. The van der Waals surface area contributed by atoms with Crippen molar-refractivity contribution in [1.82, 2.24) is 9.88 Å². The number of nitrogens with zero attached hydrogens (tertiary/aromatic N) is 3. The molecule has 2 heterocycles. The number of amides is 1. The van der Waals surface area contributed by atoms with Crippen molar-refractivity contribution < 1.29 is 9.90 Å². The lowest BCUT2D eigenvalue weighted by molar-refractivity contribution is -0.140. The van der Waals surface area contributed by atoms with E-state index >= 15 is 0 Å². The molecular formula is C20H21N3O2S. The van der Waals surface area contributed by atoms with Gasteiger partial charge in [-0.15, -0.1) is 0 Å². The molecule has 0 spiro atoms. The molecule has 1 amide bonds. The van der Waals surface area contributed by atoms with E-state index in [-0.39, 0.29) is 5.91 Å². The quantitative estimate of drug-likeness (QED) is 0.770. The lowest BCUT2D eigenvalue weighted by Crippen LogP contribution is -2.51. The molecule has 2 aromatic carbocycles. The summed E-state index contributed by atoms with van der Waals surface area (Å²) >= 11 is 1.68. The number of para-hydroxylation sites is 1. The van der Waals surface area contributed by atoms with Crippen LogP contribution in [0.2, 0.25) is 0 Å². The van der Waals surface area contributed by atoms with E-state index in [1.54, 1.807) is 16.2 Å². The van der Waals surface area contributed by atoms with Crippen LogP contribution in [-0.2, 0) is 11.2 Å². The predicted octanol–water partition coefficient (Wildman–Crippen LogP) is 2.55. The van der Waals surface area contributed by atoms with Gasteiger partial charge in [0.1, 0.15) is 6.10 Å².